The number of carbonyl (C=O) groups excluding carboxylic acids is 2. The van der Waals surface area contributed by atoms with Crippen molar-refractivity contribution in [2.24, 2.45) is 0 Å². The van der Waals surface area contributed by atoms with Crippen molar-refractivity contribution in [1.29, 1.82) is 5.26 Å². The van der Waals surface area contributed by atoms with E-state index in [1.165, 1.54) is 0 Å². The molecule has 0 atom stereocenters. The molecule has 0 aromatic carbocycles. The summed E-state index contributed by atoms with van der Waals surface area (Å²) >= 11 is 3.13. The van der Waals surface area contributed by atoms with Crippen LogP contribution in [0.5, 0.6) is 0 Å². The number of hydrogen-bond donors (Lipinski definition) is 0. The van der Waals surface area contributed by atoms with E-state index < -0.39 is 11.9 Å². The second-order valence-corrected chi connectivity index (χ2v) is 6.20. The Morgan fingerprint density at radius 2 is 1.95 bits per heavy atom. The molecular formula is C12H12INO4S. The maximum atomic E-state index is 11.8. The number of nitriles is 1. The van der Waals surface area contributed by atoms with Crippen LogP contribution in [-0.2, 0) is 20.7 Å². The molecule has 1 aromatic heterocycles. The van der Waals surface area contributed by atoms with E-state index in [9.17, 15) is 9.59 Å². The molecule has 0 bridgehead atoms. The number of halogens is 1. The lowest BCUT2D eigenvalue weighted by Gasteiger charge is -2.04. The van der Waals surface area contributed by atoms with Gasteiger partial charge in [0.05, 0.1) is 28.1 Å². The molecule has 1 aromatic rings. The first-order chi connectivity index (χ1) is 9.04. The van der Waals surface area contributed by atoms with Crippen LogP contribution in [0.2, 0.25) is 0 Å². The van der Waals surface area contributed by atoms with Crippen molar-refractivity contribution in [2.75, 3.05) is 13.2 Å². The molecule has 0 aliphatic carbocycles. The largest absolute Gasteiger partial charge is 0.466 e. The first-order valence-electron chi connectivity index (χ1n) is 5.59. The maximum Gasteiger partial charge on any atom is 0.348 e. The molecule has 0 spiro atoms. The topological polar surface area (TPSA) is 76.4 Å². The highest BCUT2D eigenvalue weighted by Crippen LogP contribution is 2.30. The number of hydrogen-bond acceptors (Lipinski definition) is 6. The van der Waals surface area contributed by atoms with Crippen molar-refractivity contribution in [3.8, 4) is 6.07 Å². The van der Waals surface area contributed by atoms with Crippen molar-refractivity contribution in [3.63, 3.8) is 0 Å². The summed E-state index contributed by atoms with van der Waals surface area (Å²) in [6.45, 7) is 3.91. The van der Waals surface area contributed by atoms with Gasteiger partial charge in [-0.3, -0.25) is 4.79 Å². The third-order valence-corrected chi connectivity index (χ3v) is 4.36. The van der Waals surface area contributed by atoms with Crippen molar-refractivity contribution in [1.82, 2.24) is 0 Å². The number of thiophene rings is 1. The summed E-state index contributed by atoms with van der Waals surface area (Å²) in [5, 5.41) is 9.11. The fraction of sp³-hybridized carbons (Fsp3) is 0.417. The van der Waals surface area contributed by atoms with Gasteiger partial charge in [0.1, 0.15) is 10.9 Å². The predicted octanol–water partition coefficient (Wildman–Crippen LogP) is 2.51. The molecule has 0 radical (unpaired) electrons. The Morgan fingerprint density at radius 3 is 2.47 bits per heavy atom. The lowest BCUT2D eigenvalue weighted by atomic mass is 10.1. The minimum atomic E-state index is -0.508. The smallest absolute Gasteiger partial charge is 0.348 e. The van der Waals surface area contributed by atoms with E-state index in [1.54, 1.807) is 13.8 Å². The van der Waals surface area contributed by atoms with E-state index in [0.717, 1.165) is 11.3 Å². The Hall–Kier alpha value is -1.14. The van der Waals surface area contributed by atoms with Gasteiger partial charge in [-0.25, -0.2) is 4.79 Å². The van der Waals surface area contributed by atoms with Crippen LogP contribution in [-0.4, -0.2) is 25.2 Å². The van der Waals surface area contributed by atoms with Crippen LogP contribution in [0.15, 0.2) is 0 Å². The van der Waals surface area contributed by atoms with Crippen molar-refractivity contribution in [3.05, 3.63) is 18.9 Å². The second kappa shape index (κ2) is 7.45. The summed E-state index contributed by atoms with van der Waals surface area (Å²) < 4.78 is 10.4. The van der Waals surface area contributed by atoms with Gasteiger partial charge in [0.15, 0.2) is 0 Å². The number of carbonyl (C=O) groups is 2. The van der Waals surface area contributed by atoms with Crippen LogP contribution in [0.3, 0.4) is 0 Å². The van der Waals surface area contributed by atoms with Gasteiger partial charge in [0, 0.05) is 5.56 Å². The molecule has 5 nitrogen and oxygen atoms in total. The van der Waals surface area contributed by atoms with E-state index in [0.29, 0.717) is 18.9 Å². The summed E-state index contributed by atoms with van der Waals surface area (Å²) in [6.07, 6.45) is -0.0929. The molecule has 7 heteroatoms. The third-order valence-electron chi connectivity index (χ3n) is 2.16. The Labute approximate surface area is 128 Å². The van der Waals surface area contributed by atoms with Gasteiger partial charge >= 0.3 is 11.9 Å². The minimum Gasteiger partial charge on any atom is -0.466 e. The number of rotatable bonds is 5. The highest BCUT2D eigenvalue weighted by Gasteiger charge is 2.24. The molecule has 0 aliphatic rings. The highest BCUT2D eigenvalue weighted by molar-refractivity contribution is 14.1. The van der Waals surface area contributed by atoms with E-state index in [-0.39, 0.29) is 19.6 Å². The Balaban J connectivity index is 3.14. The summed E-state index contributed by atoms with van der Waals surface area (Å²) in [4.78, 5) is 23.7. The van der Waals surface area contributed by atoms with E-state index in [1.807, 2.05) is 28.7 Å². The lowest BCUT2D eigenvalue weighted by molar-refractivity contribution is -0.142. The highest BCUT2D eigenvalue weighted by atomic mass is 127. The standard InChI is InChI=1S/C12H12INO4S/c1-3-17-9(15)5-7-8(6-14)11(13)19-10(7)12(16)18-4-2/h3-5H2,1-2H3. The fourth-order valence-electron chi connectivity index (χ4n) is 1.43. The van der Waals surface area contributed by atoms with E-state index >= 15 is 0 Å². The van der Waals surface area contributed by atoms with Gasteiger partial charge in [-0.05, 0) is 36.4 Å². The zero-order valence-electron chi connectivity index (χ0n) is 10.5. The van der Waals surface area contributed by atoms with Crippen LogP contribution in [0, 0.1) is 14.2 Å². The quantitative estimate of drug-likeness (QED) is 0.568. The monoisotopic (exact) mass is 393 g/mol. The Kier molecular flexibility index (Phi) is 6.24. The number of nitrogens with zero attached hydrogens (tertiary/aromatic N) is 1. The molecule has 0 unspecified atom stereocenters. The number of esters is 2. The van der Waals surface area contributed by atoms with Gasteiger partial charge in [-0.2, -0.15) is 5.26 Å². The van der Waals surface area contributed by atoms with Gasteiger partial charge in [0.2, 0.25) is 0 Å². The van der Waals surface area contributed by atoms with Crippen LogP contribution in [0.25, 0.3) is 0 Å². The summed E-state index contributed by atoms with van der Waals surface area (Å²) in [5.41, 5.74) is 0.746. The SMILES string of the molecule is CCOC(=O)Cc1c(C(=O)OCC)sc(I)c1C#N. The molecular weight excluding hydrogens is 381 g/mol. The fourth-order valence-corrected chi connectivity index (χ4v) is 3.43. The lowest BCUT2D eigenvalue weighted by Crippen LogP contribution is -2.12. The molecule has 102 valence electrons. The molecule has 0 aliphatic heterocycles. The maximum absolute atomic E-state index is 11.8. The van der Waals surface area contributed by atoms with E-state index in [2.05, 4.69) is 0 Å². The van der Waals surface area contributed by atoms with Gasteiger partial charge in [-0.15, -0.1) is 11.3 Å². The number of ether oxygens (including phenoxy) is 2. The molecule has 0 saturated heterocycles. The van der Waals surface area contributed by atoms with Gasteiger partial charge < -0.3 is 9.47 Å². The molecule has 0 fully saturated rings. The molecule has 1 heterocycles. The average Bonchev–Trinajstić information content (AvgIpc) is 2.66. The van der Waals surface area contributed by atoms with Crippen molar-refractivity contribution in [2.45, 2.75) is 20.3 Å². The zero-order chi connectivity index (χ0) is 14.4. The Bertz CT molecular complexity index is 533. The summed E-state index contributed by atoms with van der Waals surface area (Å²) in [6, 6.07) is 2.02. The van der Waals surface area contributed by atoms with Crippen molar-refractivity contribution >= 4 is 45.9 Å². The first kappa shape index (κ1) is 15.9. The van der Waals surface area contributed by atoms with Crippen LogP contribution < -0.4 is 0 Å². The molecule has 0 N–H and O–H groups in total. The molecule has 0 amide bonds. The van der Waals surface area contributed by atoms with Crippen molar-refractivity contribution < 1.29 is 19.1 Å². The normalized spacial score (nSPS) is 9.79. The molecule has 1 rings (SSSR count). The van der Waals surface area contributed by atoms with Gasteiger partial charge in [-0.1, -0.05) is 0 Å². The zero-order valence-corrected chi connectivity index (χ0v) is 13.5. The summed E-state index contributed by atoms with van der Waals surface area (Å²) in [7, 11) is 0. The molecule has 19 heavy (non-hydrogen) atoms. The second-order valence-electron chi connectivity index (χ2n) is 3.37. The van der Waals surface area contributed by atoms with Crippen LogP contribution in [0.1, 0.15) is 34.6 Å². The first-order valence-corrected chi connectivity index (χ1v) is 7.48. The predicted molar refractivity (Wildman–Crippen MR) is 78.0 cm³/mol. The minimum absolute atomic E-state index is 0.0929. The molecule has 0 saturated carbocycles. The third kappa shape index (κ3) is 3.91. The van der Waals surface area contributed by atoms with Gasteiger partial charge in [0.25, 0.3) is 0 Å². The summed E-state index contributed by atoms with van der Waals surface area (Å²) in [5.74, 6) is -0.968. The van der Waals surface area contributed by atoms with E-state index in [4.69, 9.17) is 14.7 Å². The van der Waals surface area contributed by atoms with Crippen LogP contribution in [0.4, 0.5) is 0 Å². The average molecular weight is 393 g/mol. The Morgan fingerprint density at radius 1 is 1.32 bits per heavy atom. The van der Waals surface area contributed by atoms with Crippen LogP contribution >= 0.6 is 33.9 Å².